The number of benzene rings is 1. The third-order valence-corrected chi connectivity index (χ3v) is 7.40. The van der Waals surface area contributed by atoms with Crippen molar-refractivity contribution in [2.45, 2.75) is 44.8 Å². The second-order valence-corrected chi connectivity index (χ2v) is 9.18. The SMILES string of the molecule is c1ccc2c(CN3CCc4c(ncnc4N4CCN(C5CCC5)CC4)C3)ccnc2c1. The molecule has 6 heteroatoms. The third-order valence-electron chi connectivity index (χ3n) is 7.40. The van der Waals surface area contributed by atoms with Crippen molar-refractivity contribution < 1.29 is 0 Å². The van der Waals surface area contributed by atoms with Crippen LogP contribution >= 0.6 is 0 Å². The minimum absolute atomic E-state index is 0.847. The van der Waals surface area contributed by atoms with Gasteiger partial charge in [0, 0.05) is 69.0 Å². The number of anilines is 1. The van der Waals surface area contributed by atoms with Gasteiger partial charge in [-0.15, -0.1) is 0 Å². The average Bonchev–Trinajstić information content (AvgIpc) is 2.78. The Hall–Kier alpha value is -2.57. The van der Waals surface area contributed by atoms with Crippen LogP contribution in [0, 0.1) is 0 Å². The summed E-state index contributed by atoms with van der Waals surface area (Å²) in [5, 5.41) is 1.25. The first-order valence-electron chi connectivity index (χ1n) is 11.7. The van der Waals surface area contributed by atoms with Crippen molar-refractivity contribution in [3.8, 4) is 0 Å². The summed E-state index contributed by atoms with van der Waals surface area (Å²) in [6.45, 7) is 7.40. The Balaban J connectivity index is 1.17. The second-order valence-electron chi connectivity index (χ2n) is 9.18. The van der Waals surface area contributed by atoms with E-state index in [9.17, 15) is 0 Å². The van der Waals surface area contributed by atoms with Crippen molar-refractivity contribution in [1.29, 1.82) is 0 Å². The summed E-state index contributed by atoms with van der Waals surface area (Å²) in [5.41, 5.74) is 4.99. The van der Waals surface area contributed by atoms with E-state index >= 15 is 0 Å². The zero-order valence-electron chi connectivity index (χ0n) is 18.1. The van der Waals surface area contributed by atoms with Crippen LogP contribution in [0.2, 0.25) is 0 Å². The van der Waals surface area contributed by atoms with Gasteiger partial charge in [-0.25, -0.2) is 9.97 Å². The zero-order valence-corrected chi connectivity index (χ0v) is 18.1. The Labute approximate surface area is 183 Å². The molecule has 160 valence electrons. The maximum Gasteiger partial charge on any atom is 0.135 e. The van der Waals surface area contributed by atoms with Crippen molar-refractivity contribution in [2.75, 3.05) is 37.6 Å². The van der Waals surface area contributed by atoms with Crippen LogP contribution < -0.4 is 4.90 Å². The molecule has 0 atom stereocenters. The van der Waals surface area contributed by atoms with Crippen molar-refractivity contribution in [3.05, 3.63) is 59.7 Å². The first kappa shape index (κ1) is 19.1. The minimum atomic E-state index is 0.847. The van der Waals surface area contributed by atoms with Crippen molar-refractivity contribution in [1.82, 2.24) is 24.8 Å². The first-order chi connectivity index (χ1) is 15.3. The molecule has 2 fully saturated rings. The van der Waals surface area contributed by atoms with E-state index in [4.69, 9.17) is 9.97 Å². The first-order valence-corrected chi connectivity index (χ1v) is 11.7. The third kappa shape index (κ3) is 3.68. The summed E-state index contributed by atoms with van der Waals surface area (Å²) in [6, 6.07) is 11.4. The van der Waals surface area contributed by atoms with Gasteiger partial charge < -0.3 is 4.90 Å². The molecule has 6 nitrogen and oxygen atoms in total. The molecule has 1 aromatic carbocycles. The maximum atomic E-state index is 4.74. The fourth-order valence-corrected chi connectivity index (χ4v) is 5.38. The van der Waals surface area contributed by atoms with Gasteiger partial charge in [-0.3, -0.25) is 14.8 Å². The van der Waals surface area contributed by atoms with Crippen LogP contribution in [0.4, 0.5) is 5.82 Å². The van der Waals surface area contributed by atoms with E-state index in [0.29, 0.717) is 0 Å². The Bertz CT molecular complexity index is 1070. The average molecular weight is 415 g/mol. The fourth-order valence-electron chi connectivity index (χ4n) is 5.38. The highest BCUT2D eigenvalue weighted by atomic mass is 15.3. The standard InChI is InChI=1S/C25H30N6/c1-2-7-23-21(6-1)19(8-10-26-23)16-29-11-9-22-24(17-29)27-18-28-25(22)31-14-12-30(13-15-31)20-4-3-5-20/h1-2,6-8,10,18,20H,3-5,9,11-17H2. The molecule has 3 aromatic rings. The highest BCUT2D eigenvalue weighted by Crippen LogP contribution is 2.30. The zero-order chi connectivity index (χ0) is 20.6. The molecule has 6 rings (SSSR count). The number of para-hydroxylation sites is 1. The molecule has 0 amide bonds. The molecule has 31 heavy (non-hydrogen) atoms. The van der Waals surface area contributed by atoms with E-state index in [1.165, 1.54) is 60.4 Å². The van der Waals surface area contributed by atoms with Crippen LogP contribution in [0.1, 0.15) is 36.1 Å². The number of hydrogen-bond acceptors (Lipinski definition) is 6. The normalized spacial score (nSPS) is 20.6. The lowest BCUT2D eigenvalue weighted by Crippen LogP contribution is -2.52. The molecule has 1 saturated heterocycles. The van der Waals surface area contributed by atoms with Crippen LogP contribution in [-0.4, -0.2) is 63.5 Å². The molecule has 0 unspecified atom stereocenters. The number of hydrogen-bond donors (Lipinski definition) is 0. The molecule has 4 heterocycles. The molecule has 0 bridgehead atoms. The Kier molecular flexibility index (Phi) is 5.04. The van der Waals surface area contributed by atoms with Gasteiger partial charge in [-0.2, -0.15) is 0 Å². The van der Waals surface area contributed by atoms with E-state index in [0.717, 1.165) is 50.7 Å². The molecule has 2 aliphatic heterocycles. The van der Waals surface area contributed by atoms with E-state index in [1.807, 2.05) is 6.20 Å². The summed E-state index contributed by atoms with van der Waals surface area (Å²) >= 11 is 0. The van der Waals surface area contributed by atoms with Gasteiger partial charge >= 0.3 is 0 Å². The van der Waals surface area contributed by atoms with Crippen molar-refractivity contribution in [3.63, 3.8) is 0 Å². The van der Waals surface area contributed by atoms with Crippen LogP contribution in [0.25, 0.3) is 10.9 Å². The molecular formula is C25H30N6. The van der Waals surface area contributed by atoms with E-state index < -0.39 is 0 Å². The number of nitrogens with zero attached hydrogens (tertiary/aromatic N) is 6. The summed E-state index contributed by atoms with van der Waals surface area (Å²) in [4.78, 5) is 21.6. The lowest BCUT2D eigenvalue weighted by atomic mass is 9.91. The molecular weight excluding hydrogens is 384 g/mol. The van der Waals surface area contributed by atoms with Crippen LogP contribution in [-0.2, 0) is 19.5 Å². The number of piperazine rings is 1. The number of fused-ring (bicyclic) bond motifs is 2. The molecule has 0 spiro atoms. The summed E-state index contributed by atoms with van der Waals surface area (Å²) in [5.74, 6) is 1.19. The Morgan fingerprint density at radius 3 is 2.61 bits per heavy atom. The van der Waals surface area contributed by atoms with Gasteiger partial charge in [0.05, 0.1) is 11.2 Å². The number of pyridine rings is 1. The van der Waals surface area contributed by atoms with Gasteiger partial charge in [0.25, 0.3) is 0 Å². The van der Waals surface area contributed by atoms with Gasteiger partial charge in [0.15, 0.2) is 0 Å². The number of rotatable bonds is 4. The topological polar surface area (TPSA) is 48.4 Å². The summed E-state index contributed by atoms with van der Waals surface area (Å²) in [7, 11) is 0. The molecule has 0 N–H and O–H groups in total. The molecule has 1 aliphatic carbocycles. The lowest BCUT2D eigenvalue weighted by molar-refractivity contribution is 0.120. The van der Waals surface area contributed by atoms with Crippen LogP contribution in [0.15, 0.2) is 42.9 Å². The van der Waals surface area contributed by atoms with E-state index in [2.05, 4.69) is 50.0 Å². The molecule has 0 radical (unpaired) electrons. The van der Waals surface area contributed by atoms with Crippen molar-refractivity contribution in [2.24, 2.45) is 0 Å². The van der Waals surface area contributed by atoms with Gasteiger partial charge in [-0.1, -0.05) is 24.6 Å². The van der Waals surface area contributed by atoms with Gasteiger partial charge in [0.2, 0.25) is 0 Å². The molecule has 1 saturated carbocycles. The maximum absolute atomic E-state index is 4.74. The number of aromatic nitrogens is 3. The highest BCUT2D eigenvalue weighted by molar-refractivity contribution is 5.81. The van der Waals surface area contributed by atoms with Crippen LogP contribution in [0.3, 0.4) is 0 Å². The smallest absolute Gasteiger partial charge is 0.135 e. The fraction of sp³-hybridized carbons (Fsp3) is 0.480. The second kappa shape index (κ2) is 8.17. The summed E-state index contributed by atoms with van der Waals surface area (Å²) < 4.78 is 0. The largest absolute Gasteiger partial charge is 0.354 e. The Morgan fingerprint density at radius 1 is 0.903 bits per heavy atom. The van der Waals surface area contributed by atoms with E-state index in [-0.39, 0.29) is 0 Å². The predicted octanol–water partition coefficient (Wildman–Crippen LogP) is 3.26. The predicted molar refractivity (Wildman–Crippen MR) is 123 cm³/mol. The van der Waals surface area contributed by atoms with Gasteiger partial charge in [0.1, 0.15) is 12.1 Å². The highest BCUT2D eigenvalue weighted by Gasteiger charge is 2.30. The van der Waals surface area contributed by atoms with E-state index in [1.54, 1.807) is 6.33 Å². The molecule has 2 aromatic heterocycles. The van der Waals surface area contributed by atoms with Gasteiger partial charge in [-0.05, 0) is 37.0 Å². The quantitative estimate of drug-likeness (QED) is 0.653. The molecule has 3 aliphatic rings. The lowest BCUT2D eigenvalue weighted by Gasteiger charge is -2.43. The van der Waals surface area contributed by atoms with Crippen molar-refractivity contribution >= 4 is 16.7 Å². The Morgan fingerprint density at radius 2 is 1.77 bits per heavy atom. The minimum Gasteiger partial charge on any atom is -0.354 e. The monoisotopic (exact) mass is 414 g/mol. The summed E-state index contributed by atoms with van der Waals surface area (Å²) in [6.07, 6.45) is 8.93. The van der Waals surface area contributed by atoms with Crippen LogP contribution in [0.5, 0.6) is 0 Å².